The summed E-state index contributed by atoms with van der Waals surface area (Å²) in [5, 5.41) is 0. The summed E-state index contributed by atoms with van der Waals surface area (Å²) >= 11 is 0. The topological polar surface area (TPSA) is 0 Å². The molecule has 0 saturated heterocycles. The number of halogens is 2. The van der Waals surface area contributed by atoms with E-state index in [2.05, 4.69) is 41.5 Å². The summed E-state index contributed by atoms with van der Waals surface area (Å²) in [7, 11) is 0. The first-order chi connectivity index (χ1) is 19.6. The maximum atomic E-state index is 2.37. The second-order valence-corrected chi connectivity index (χ2v) is 13.8. The van der Waals surface area contributed by atoms with Crippen LogP contribution in [0.3, 0.4) is 0 Å². The monoisotopic (exact) mass is 724 g/mol. The molecule has 2 nitrogen and oxygen atoms in total. The Labute approximate surface area is 289 Å². The van der Waals surface area contributed by atoms with Gasteiger partial charge in [-0.2, -0.15) is 0 Å². The zero-order valence-electron chi connectivity index (χ0n) is 30.3. The quantitative estimate of drug-likeness (QED) is 0.0566. The van der Waals surface area contributed by atoms with Crippen molar-refractivity contribution >= 4 is 0 Å². The van der Waals surface area contributed by atoms with Gasteiger partial charge in [0.15, 0.2) is 0 Å². The van der Waals surface area contributed by atoms with Crippen LogP contribution in [0.2, 0.25) is 0 Å². The first-order valence-electron chi connectivity index (χ1n) is 19.3. The standard InChI is InChI=1S/C38H82N2.2BrH/c1-7-31-39(32-8-2,33-9-3)37-29-27-25-23-21-19-17-15-13-14-16-18-20-22-24-26-28-30-38-40(34-10-4,35-11-5)36-12-6;;/h7-38H2,1-6H3;2*1H/q+2;;/p-2. The van der Waals surface area contributed by atoms with E-state index in [1.807, 2.05) is 0 Å². The van der Waals surface area contributed by atoms with Crippen LogP contribution in [0.1, 0.15) is 196 Å². The van der Waals surface area contributed by atoms with E-state index in [0.717, 1.165) is 0 Å². The van der Waals surface area contributed by atoms with Crippen LogP contribution in [0.15, 0.2) is 0 Å². The van der Waals surface area contributed by atoms with Crippen LogP contribution >= 0.6 is 0 Å². The summed E-state index contributed by atoms with van der Waals surface area (Å²) in [5.41, 5.74) is 0. The molecule has 42 heavy (non-hydrogen) atoms. The largest absolute Gasteiger partial charge is 1.00 e. The fourth-order valence-electron chi connectivity index (χ4n) is 7.91. The summed E-state index contributed by atoms with van der Waals surface area (Å²) in [6.07, 6.45) is 34.7. The Bertz CT molecular complexity index is 421. The highest BCUT2D eigenvalue weighted by Crippen LogP contribution is 2.18. The average molecular weight is 727 g/mol. The van der Waals surface area contributed by atoms with Crippen molar-refractivity contribution in [3.05, 3.63) is 0 Å². The van der Waals surface area contributed by atoms with Crippen LogP contribution in [0.25, 0.3) is 0 Å². The van der Waals surface area contributed by atoms with Crippen molar-refractivity contribution in [3.8, 4) is 0 Å². The summed E-state index contributed by atoms with van der Waals surface area (Å²) < 4.78 is 2.81. The maximum Gasteiger partial charge on any atom is 0.0786 e. The third-order valence-electron chi connectivity index (χ3n) is 9.70. The van der Waals surface area contributed by atoms with Crippen molar-refractivity contribution in [1.29, 1.82) is 0 Å². The van der Waals surface area contributed by atoms with Crippen molar-refractivity contribution in [2.24, 2.45) is 0 Å². The minimum absolute atomic E-state index is 0. The van der Waals surface area contributed by atoms with Crippen LogP contribution in [-0.4, -0.2) is 61.3 Å². The lowest BCUT2D eigenvalue weighted by molar-refractivity contribution is -0.928. The van der Waals surface area contributed by atoms with Gasteiger partial charge < -0.3 is 42.9 Å². The zero-order valence-corrected chi connectivity index (χ0v) is 33.4. The lowest BCUT2D eigenvalue weighted by atomic mass is 10.0. The Hall–Kier alpha value is 0.880. The predicted octanol–water partition coefficient (Wildman–Crippen LogP) is 6.11. The first-order valence-corrected chi connectivity index (χ1v) is 19.3. The lowest BCUT2D eigenvalue weighted by Crippen LogP contribution is -3.00. The normalized spacial score (nSPS) is 11.9. The van der Waals surface area contributed by atoms with Crippen LogP contribution in [-0.2, 0) is 0 Å². The van der Waals surface area contributed by atoms with Crippen LogP contribution in [0.4, 0.5) is 0 Å². The van der Waals surface area contributed by atoms with Crippen LogP contribution in [0, 0.1) is 0 Å². The fourth-order valence-corrected chi connectivity index (χ4v) is 7.91. The molecule has 0 aliphatic heterocycles. The molecular weight excluding hydrogens is 644 g/mol. The third-order valence-corrected chi connectivity index (χ3v) is 9.70. The van der Waals surface area contributed by atoms with Gasteiger partial charge in [-0.15, -0.1) is 0 Å². The minimum Gasteiger partial charge on any atom is -1.00 e. The zero-order chi connectivity index (χ0) is 29.6. The molecule has 0 unspecified atom stereocenters. The molecule has 0 aromatic heterocycles. The van der Waals surface area contributed by atoms with Gasteiger partial charge >= 0.3 is 0 Å². The Morgan fingerprint density at radius 2 is 0.357 bits per heavy atom. The summed E-state index contributed by atoms with van der Waals surface area (Å²) in [5.74, 6) is 0. The lowest BCUT2D eigenvalue weighted by Gasteiger charge is -2.38. The highest BCUT2D eigenvalue weighted by molar-refractivity contribution is 4.53. The third kappa shape index (κ3) is 26.1. The summed E-state index contributed by atoms with van der Waals surface area (Å²) in [4.78, 5) is 0. The number of hydrogen-bond acceptors (Lipinski definition) is 0. The Balaban J connectivity index is -0.00000760. The van der Waals surface area contributed by atoms with Crippen molar-refractivity contribution in [3.63, 3.8) is 0 Å². The van der Waals surface area contributed by atoms with Gasteiger partial charge in [0.2, 0.25) is 0 Å². The SMILES string of the molecule is CCC[N+](CCC)(CCC)CCCCCCCCCCCCCCCCCCCC[N+](CCC)(CCC)CCC.[Br-].[Br-]. The highest BCUT2D eigenvalue weighted by Gasteiger charge is 2.24. The molecule has 0 aliphatic rings. The molecule has 0 rings (SSSR count). The van der Waals surface area contributed by atoms with Gasteiger partial charge in [0.25, 0.3) is 0 Å². The second kappa shape index (κ2) is 34.7. The number of nitrogens with zero attached hydrogens (tertiary/aromatic N) is 2. The Morgan fingerprint density at radius 1 is 0.214 bits per heavy atom. The Morgan fingerprint density at radius 3 is 0.500 bits per heavy atom. The number of quaternary nitrogens is 2. The number of rotatable bonds is 33. The van der Waals surface area contributed by atoms with Gasteiger partial charge in [-0.25, -0.2) is 0 Å². The summed E-state index contributed by atoms with van der Waals surface area (Å²) in [6, 6.07) is 0. The van der Waals surface area contributed by atoms with Gasteiger partial charge in [-0.3, -0.25) is 0 Å². The minimum atomic E-state index is 0. The predicted molar refractivity (Wildman–Crippen MR) is 184 cm³/mol. The molecule has 0 bridgehead atoms. The molecule has 0 amide bonds. The molecule has 0 fully saturated rings. The van der Waals surface area contributed by atoms with Crippen LogP contribution in [0.5, 0.6) is 0 Å². The molecule has 0 N–H and O–H groups in total. The van der Waals surface area contributed by atoms with E-state index in [-0.39, 0.29) is 34.0 Å². The van der Waals surface area contributed by atoms with E-state index in [9.17, 15) is 0 Å². The molecular formula is C38H82Br2N2. The van der Waals surface area contributed by atoms with E-state index in [1.165, 1.54) is 215 Å². The van der Waals surface area contributed by atoms with Gasteiger partial charge in [-0.1, -0.05) is 131 Å². The van der Waals surface area contributed by atoms with Crippen molar-refractivity contribution in [2.75, 3.05) is 52.4 Å². The van der Waals surface area contributed by atoms with Crippen molar-refractivity contribution < 1.29 is 42.9 Å². The molecule has 0 atom stereocenters. The molecule has 0 spiro atoms. The van der Waals surface area contributed by atoms with Gasteiger partial charge in [0.1, 0.15) is 0 Å². The van der Waals surface area contributed by atoms with E-state index in [4.69, 9.17) is 0 Å². The van der Waals surface area contributed by atoms with Gasteiger partial charge in [0, 0.05) is 0 Å². The molecule has 0 heterocycles. The number of hydrogen-bond donors (Lipinski definition) is 0. The molecule has 4 heteroatoms. The van der Waals surface area contributed by atoms with Gasteiger partial charge in [0.05, 0.1) is 52.4 Å². The molecule has 0 aromatic carbocycles. The average Bonchev–Trinajstić information content (AvgIpc) is 2.93. The first kappa shape index (κ1) is 47.3. The number of unbranched alkanes of at least 4 members (excludes halogenated alkanes) is 17. The van der Waals surface area contributed by atoms with E-state index in [1.54, 1.807) is 0 Å². The molecule has 0 aromatic rings. The van der Waals surface area contributed by atoms with Crippen molar-refractivity contribution in [1.82, 2.24) is 0 Å². The van der Waals surface area contributed by atoms with Crippen molar-refractivity contribution in [2.45, 2.75) is 196 Å². The smallest absolute Gasteiger partial charge is 0.0786 e. The van der Waals surface area contributed by atoms with E-state index >= 15 is 0 Å². The molecule has 0 aliphatic carbocycles. The van der Waals surface area contributed by atoms with E-state index < -0.39 is 0 Å². The molecule has 0 radical (unpaired) electrons. The Kier molecular flexibility index (Phi) is 39.1. The van der Waals surface area contributed by atoms with Crippen LogP contribution < -0.4 is 34.0 Å². The summed E-state index contributed by atoms with van der Waals surface area (Å²) in [6.45, 7) is 25.5. The maximum absolute atomic E-state index is 2.37. The van der Waals surface area contributed by atoms with E-state index in [0.29, 0.717) is 0 Å². The second-order valence-electron chi connectivity index (χ2n) is 13.8. The fraction of sp³-hybridized carbons (Fsp3) is 1.00. The molecule has 258 valence electrons. The highest BCUT2D eigenvalue weighted by atomic mass is 79.9. The van der Waals surface area contributed by atoms with Gasteiger partial charge in [-0.05, 0) is 64.2 Å². The molecule has 0 saturated carbocycles.